The standard InChI is InChI=1S/C15H19N/c1-3-4-9-16-14-10-12(2)15-8-6-5-7-13(15)11-14/h5-8,10-11,16H,3-4,9H2,1-2H3. The van der Waals surface area contributed by atoms with E-state index < -0.39 is 0 Å². The van der Waals surface area contributed by atoms with Crippen molar-refractivity contribution in [1.29, 1.82) is 0 Å². The van der Waals surface area contributed by atoms with Gasteiger partial charge in [0.15, 0.2) is 0 Å². The molecular formula is C15H19N. The van der Waals surface area contributed by atoms with Crippen molar-refractivity contribution < 1.29 is 0 Å². The highest BCUT2D eigenvalue weighted by atomic mass is 14.9. The molecule has 16 heavy (non-hydrogen) atoms. The molecule has 0 amide bonds. The van der Waals surface area contributed by atoms with Crippen molar-refractivity contribution in [3.8, 4) is 0 Å². The van der Waals surface area contributed by atoms with Gasteiger partial charge in [-0.1, -0.05) is 37.6 Å². The number of rotatable bonds is 4. The molecule has 0 aliphatic rings. The molecule has 1 N–H and O–H groups in total. The van der Waals surface area contributed by atoms with Gasteiger partial charge in [-0.2, -0.15) is 0 Å². The Bertz CT molecular complexity index is 474. The zero-order valence-corrected chi connectivity index (χ0v) is 10.1. The van der Waals surface area contributed by atoms with Gasteiger partial charge >= 0.3 is 0 Å². The van der Waals surface area contributed by atoms with Gasteiger partial charge in [0.1, 0.15) is 0 Å². The third-order valence-corrected chi connectivity index (χ3v) is 2.93. The van der Waals surface area contributed by atoms with E-state index in [1.165, 1.54) is 34.9 Å². The lowest BCUT2D eigenvalue weighted by atomic mass is 10.0. The summed E-state index contributed by atoms with van der Waals surface area (Å²) in [6.07, 6.45) is 2.46. The smallest absolute Gasteiger partial charge is 0.0349 e. The first-order valence-electron chi connectivity index (χ1n) is 6.04. The van der Waals surface area contributed by atoms with Crippen LogP contribution in [-0.4, -0.2) is 6.54 Å². The number of benzene rings is 2. The second-order valence-electron chi connectivity index (χ2n) is 4.29. The largest absolute Gasteiger partial charge is 0.385 e. The average molecular weight is 213 g/mol. The molecule has 0 fully saturated rings. The molecule has 0 aliphatic carbocycles. The molecule has 0 saturated heterocycles. The van der Waals surface area contributed by atoms with E-state index >= 15 is 0 Å². The fourth-order valence-electron chi connectivity index (χ4n) is 2.01. The lowest BCUT2D eigenvalue weighted by Crippen LogP contribution is -2.00. The van der Waals surface area contributed by atoms with Gasteiger partial charge in [0.2, 0.25) is 0 Å². The van der Waals surface area contributed by atoms with Crippen molar-refractivity contribution in [3.05, 3.63) is 42.0 Å². The summed E-state index contributed by atoms with van der Waals surface area (Å²) >= 11 is 0. The maximum atomic E-state index is 3.48. The minimum Gasteiger partial charge on any atom is -0.385 e. The number of fused-ring (bicyclic) bond motifs is 1. The van der Waals surface area contributed by atoms with Gasteiger partial charge in [-0.05, 0) is 41.8 Å². The minimum absolute atomic E-state index is 1.06. The van der Waals surface area contributed by atoms with Gasteiger partial charge in [0.05, 0.1) is 0 Å². The van der Waals surface area contributed by atoms with Crippen molar-refractivity contribution in [3.63, 3.8) is 0 Å². The molecule has 0 radical (unpaired) electrons. The summed E-state index contributed by atoms with van der Waals surface area (Å²) in [5.74, 6) is 0. The highest BCUT2D eigenvalue weighted by Crippen LogP contribution is 2.23. The fourth-order valence-corrected chi connectivity index (χ4v) is 2.01. The number of aryl methyl sites for hydroxylation is 1. The molecule has 0 heterocycles. The lowest BCUT2D eigenvalue weighted by Gasteiger charge is -2.09. The van der Waals surface area contributed by atoms with Crippen LogP contribution in [0.25, 0.3) is 10.8 Å². The van der Waals surface area contributed by atoms with Crippen LogP contribution in [0.4, 0.5) is 5.69 Å². The molecule has 0 saturated carbocycles. The highest BCUT2D eigenvalue weighted by molar-refractivity contribution is 5.88. The maximum Gasteiger partial charge on any atom is 0.0349 e. The lowest BCUT2D eigenvalue weighted by molar-refractivity contribution is 0.834. The Morgan fingerprint density at radius 3 is 2.75 bits per heavy atom. The minimum atomic E-state index is 1.06. The van der Waals surface area contributed by atoms with E-state index in [1.807, 2.05) is 0 Å². The van der Waals surface area contributed by atoms with E-state index in [-0.39, 0.29) is 0 Å². The first-order valence-corrected chi connectivity index (χ1v) is 6.04. The van der Waals surface area contributed by atoms with E-state index in [0.717, 1.165) is 6.54 Å². The Labute approximate surface area is 97.5 Å². The van der Waals surface area contributed by atoms with E-state index in [0.29, 0.717) is 0 Å². The van der Waals surface area contributed by atoms with Crippen LogP contribution < -0.4 is 5.32 Å². The SMILES string of the molecule is CCCCNc1cc(C)c2ccccc2c1. The molecule has 0 bridgehead atoms. The molecular weight excluding hydrogens is 194 g/mol. The van der Waals surface area contributed by atoms with Crippen LogP contribution in [0.15, 0.2) is 36.4 Å². The molecule has 1 nitrogen and oxygen atoms in total. The molecule has 0 aliphatic heterocycles. The van der Waals surface area contributed by atoms with Crippen molar-refractivity contribution in [2.75, 3.05) is 11.9 Å². The van der Waals surface area contributed by atoms with Crippen LogP contribution in [-0.2, 0) is 0 Å². The number of anilines is 1. The van der Waals surface area contributed by atoms with Crippen LogP contribution in [0, 0.1) is 6.92 Å². The number of hydrogen-bond donors (Lipinski definition) is 1. The van der Waals surface area contributed by atoms with Crippen molar-refractivity contribution >= 4 is 16.5 Å². The van der Waals surface area contributed by atoms with E-state index in [1.54, 1.807) is 0 Å². The van der Waals surface area contributed by atoms with E-state index in [2.05, 4.69) is 55.6 Å². The molecule has 0 spiro atoms. The first kappa shape index (κ1) is 11.0. The zero-order chi connectivity index (χ0) is 11.4. The van der Waals surface area contributed by atoms with E-state index in [9.17, 15) is 0 Å². The van der Waals surface area contributed by atoms with Gasteiger partial charge in [-0.25, -0.2) is 0 Å². The molecule has 0 unspecified atom stereocenters. The Kier molecular flexibility index (Phi) is 3.45. The van der Waals surface area contributed by atoms with Gasteiger partial charge in [0, 0.05) is 12.2 Å². The number of nitrogens with one attached hydrogen (secondary N) is 1. The van der Waals surface area contributed by atoms with Crippen LogP contribution in [0.3, 0.4) is 0 Å². The quantitative estimate of drug-likeness (QED) is 0.744. The maximum absolute atomic E-state index is 3.48. The van der Waals surface area contributed by atoms with Crippen LogP contribution in [0.1, 0.15) is 25.3 Å². The fraction of sp³-hybridized carbons (Fsp3) is 0.333. The predicted octanol–water partition coefficient (Wildman–Crippen LogP) is 4.36. The summed E-state index contributed by atoms with van der Waals surface area (Å²) in [4.78, 5) is 0. The summed E-state index contributed by atoms with van der Waals surface area (Å²) < 4.78 is 0. The number of hydrogen-bond acceptors (Lipinski definition) is 1. The summed E-state index contributed by atoms with van der Waals surface area (Å²) in [6.45, 7) is 5.45. The van der Waals surface area contributed by atoms with Gasteiger partial charge in [0.25, 0.3) is 0 Å². The van der Waals surface area contributed by atoms with Crippen molar-refractivity contribution in [1.82, 2.24) is 0 Å². The zero-order valence-electron chi connectivity index (χ0n) is 10.1. The normalized spacial score (nSPS) is 10.6. The van der Waals surface area contributed by atoms with Crippen LogP contribution >= 0.6 is 0 Å². The molecule has 0 atom stereocenters. The predicted molar refractivity (Wildman–Crippen MR) is 72.1 cm³/mol. The van der Waals surface area contributed by atoms with Crippen molar-refractivity contribution in [2.24, 2.45) is 0 Å². The summed E-state index contributed by atoms with van der Waals surface area (Å²) in [7, 11) is 0. The van der Waals surface area contributed by atoms with Crippen LogP contribution in [0.5, 0.6) is 0 Å². The Hall–Kier alpha value is -1.50. The molecule has 84 valence electrons. The molecule has 1 heteroatoms. The summed E-state index contributed by atoms with van der Waals surface area (Å²) in [5.41, 5.74) is 2.58. The first-order chi connectivity index (χ1) is 7.81. The Morgan fingerprint density at radius 2 is 1.94 bits per heavy atom. The molecule has 2 aromatic rings. The Balaban J connectivity index is 2.27. The van der Waals surface area contributed by atoms with Crippen LogP contribution in [0.2, 0.25) is 0 Å². The van der Waals surface area contributed by atoms with Gasteiger partial charge < -0.3 is 5.32 Å². The Morgan fingerprint density at radius 1 is 1.12 bits per heavy atom. The summed E-state index contributed by atoms with van der Waals surface area (Å²) in [6, 6.07) is 13.0. The van der Waals surface area contributed by atoms with Crippen molar-refractivity contribution in [2.45, 2.75) is 26.7 Å². The van der Waals surface area contributed by atoms with E-state index in [4.69, 9.17) is 0 Å². The van der Waals surface area contributed by atoms with Gasteiger partial charge in [-0.3, -0.25) is 0 Å². The highest BCUT2D eigenvalue weighted by Gasteiger charge is 1.99. The monoisotopic (exact) mass is 213 g/mol. The molecule has 2 rings (SSSR count). The third kappa shape index (κ3) is 2.35. The van der Waals surface area contributed by atoms with Gasteiger partial charge in [-0.15, -0.1) is 0 Å². The number of unbranched alkanes of at least 4 members (excludes halogenated alkanes) is 1. The summed E-state index contributed by atoms with van der Waals surface area (Å²) in [5, 5.41) is 6.15. The second-order valence-corrected chi connectivity index (χ2v) is 4.29. The molecule has 0 aromatic heterocycles. The topological polar surface area (TPSA) is 12.0 Å². The molecule has 2 aromatic carbocycles. The average Bonchev–Trinajstić information content (AvgIpc) is 2.30. The third-order valence-electron chi connectivity index (χ3n) is 2.93. The second kappa shape index (κ2) is 5.02.